The van der Waals surface area contributed by atoms with E-state index in [-0.39, 0.29) is 21.6 Å². The number of allylic oxidation sites excluding steroid dienone is 3. The van der Waals surface area contributed by atoms with E-state index < -0.39 is 0 Å². The van der Waals surface area contributed by atoms with Crippen LogP contribution < -0.4 is 0 Å². The zero-order chi connectivity index (χ0) is 9.72. The standard InChI is InChI=1S/C8H8Cl2O2/c1-5(11)7(6(2)12)3-4-8(9)10/h3-4H,1-2H3. The van der Waals surface area contributed by atoms with Crippen molar-refractivity contribution in [2.45, 2.75) is 13.8 Å². The predicted octanol–water partition coefficient (Wildman–Crippen LogP) is 2.41. The van der Waals surface area contributed by atoms with Gasteiger partial charge in [0.25, 0.3) is 0 Å². The number of hydrogen-bond acceptors (Lipinski definition) is 2. The molecule has 0 aromatic carbocycles. The van der Waals surface area contributed by atoms with Crippen LogP contribution in [0.4, 0.5) is 0 Å². The molecule has 0 atom stereocenters. The van der Waals surface area contributed by atoms with E-state index in [0.717, 1.165) is 0 Å². The van der Waals surface area contributed by atoms with Gasteiger partial charge in [0.15, 0.2) is 11.6 Å². The fraction of sp³-hybridized carbons (Fsp3) is 0.250. The van der Waals surface area contributed by atoms with Crippen molar-refractivity contribution in [2.24, 2.45) is 0 Å². The van der Waals surface area contributed by atoms with Gasteiger partial charge in [0.2, 0.25) is 0 Å². The summed E-state index contributed by atoms with van der Waals surface area (Å²) < 4.78 is 0.00926. The molecule has 4 heteroatoms. The highest BCUT2D eigenvalue weighted by molar-refractivity contribution is 6.56. The molecule has 0 aliphatic rings. The molecular weight excluding hydrogens is 199 g/mol. The molecule has 0 aromatic heterocycles. The lowest BCUT2D eigenvalue weighted by Crippen LogP contribution is -2.05. The van der Waals surface area contributed by atoms with E-state index in [1.165, 1.54) is 26.0 Å². The number of rotatable bonds is 3. The zero-order valence-electron chi connectivity index (χ0n) is 6.73. The van der Waals surface area contributed by atoms with E-state index in [1.807, 2.05) is 0 Å². The third-order valence-electron chi connectivity index (χ3n) is 1.13. The zero-order valence-corrected chi connectivity index (χ0v) is 8.24. The van der Waals surface area contributed by atoms with Gasteiger partial charge in [0, 0.05) is 0 Å². The van der Waals surface area contributed by atoms with Gasteiger partial charge in [-0.1, -0.05) is 23.2 Å². The summed E-state index contributed by atoms with van der Waals surface area (Å²) in [6, 6.07) is 0. The lowest BCUT2D eigenvalue weighted by molar-refractivity contribution is -0.119. The number of ketones is 2. The fourth-order valence-corrected chi connectivity index (χ4v) is 0.755. The van der Waals surface area contributed by atoms with E-state index in [2.05, 4.69) is 0 Å². The van der Waals surface area contributed by atoms with E-state index in [9.17, 15) is 9.59 Å². The van der Waals surface area contributed by atoms with Crippen LogP contribution in [-0.4, -0.2) is 11.6 Å². The summed E-state index contributed by atoms with van der Waals surface area (Å²) >= 11 is 10.6. The van der Waals surface area contributed by atoms with Gasteiger partial charge in [0.05, 0.1) is 5.57 Å². The molecule has 0 N–H and O–H groups in total. The molecular formula is C8H8Cl2O2. The van der Waals surface area contributed by atoms with Crippen molar-refractivity contribution in [1.82, 2.24) is 0 Å². The largest absolute Gasteiger partial charge is 0.294 e. The molecule has 0 aromatic rings. The van der Waals surface area contributed by atoms with Gasteiger partial charge in [0.1, 0.15) is 4.49 Å². The first-order chi connectivity index (χ1) is 5.45. The van der Waals surface area contributed by atoms with Crippen LogP contribution in [0.2, 0.25) is 0 Å². The molecule has 0 aliphatic heterocycles. The lowest BCUT2D eigenvalue weighted by Gasteiger charge is -1.93. The summed E-state index contributed by atoms with van der Waals surface area (Å²) in [7, 11) is 0. The molecule has 0 amide bonds. The Kier molecular flexibility index (Phi) is 4.86. The number of carbonyl (C=O) groups excluding carboxylic acids is 2. The highest BCUT2D eigenvalue weighted by Crippen LogP contribution is 2.08. The van der Waals surface area contributed by atoms with Crippen LogP contribution in [0.25, 0.3) is 0 Å². The summed E-state index contributed by atoms with van der Waals surface area (Å²) in [6.07, 6.45) is 2.60. The van der Waals surface area contributed by atoms with Crippen molar-refractivity contribution >= 4 is 34.8 Å². The first kappa shape index (κ1) is 11.4. The Morgan fingerprint density at radius 3 is 1.67 bits per heavy atom. The Morgan fingerprint density at radius 2 is 1.42 bits per heavy atom. The Bertz CT molecular complexity index is 244. The minimum Gasteiger partial charge on any atom is -0.294 e. The van der Waals surface area contributed by atoms with Crippen molar-refractivity contribution in [3.8, 4) is 0 Å². The summed E-state index contributed by atoms with van der Waals surface area (Å²) in [5.74, 6) is -0.596. The molecule has 12 heavy (non-hydrogen) atoms. The molecule has 0 saturated heterocycles. The third-order valence-corrected chi connectivity index (χ3v) is 1.39. The maximum absolute atomic E-state index is 10.8. The Morgan fingerprint density at radius 1 is 1.00 bits per heavy atom. The van der Waals surface area contributed by atoms with Gasteiger partial charge in [-0.2, -0.15) is 0 Å². The molecule has 0 saturated carbocycles. The minimum absolute atomic E-state index is 0.00926. The number of halogens is 2. The fourth-order valence-electron chi connectivity index (χ4n) is 0.629. The van der Waals surface area contributed by atoms with Crippen molar-refractivity contribution in [3.05, 3.63) is 22.2 Å². The summed E-state index contributed by atoms with van der Waals surface area (Å²) in [5.41, 5.74) is 0.0915. The van der Waals surface area contributed by atoms with Crippen LogP contribution in [0, 0.1) is 0 Å². The molecule has 0 fully saturated rings. The van der Waals surface area contributed by atoms with Gasteiger partial charge in [-0.3, -0.25) is 9.59 Å². The Balaban J connectivity index is 4.75. The van der Waals surface area contributed by atoms with Gasteiger partial charge >= 0.3 is 0 Å². The van der Waals surface area contributed by atoms with E-state index in [1.54, 1.807) is 0 Å². The van der Waals surface area contributed by atoms with Gasteiger partial charge in [-0.15, -0.1) is 0 Å². The monoisotopic (exact) mass is 206 g/mol. The van der Waals surface area contributed by atoms with Crippen LogP contribution in [0.5, 0.6) is 0 Å². The first-order valence-electron chi connectivity index (χ1n) is 3.20. The van der Waals surface area contributed by atoms with Crippen LogP contribution >= 0.6 is 23.2 Å². The number of carbonyl (C=O) groups is 2. The Hall–Kier alpha value is -0.600. The van der Waals surface area contributed by atoms with Crippen molar-refractivity contribution in [1.29, 1.82) is 0 Å². The average molecular weight is 207 g/mol. The van der Waals surface area contributed by atoms with Crippen molar-refractivity contribution in [3.63, 3.8) is 0 Å². The van der Waals surface area contributed by atoms with Gasteiger partial charge < -0.3 is 0 Å². The number of hydrogen-bond donors (Lipinski definition) is 0. The molecule has 0 heterocycles. The van der Waals surface area contributed by atoms with Crippen molar-refractivity contribution < 1.29 is 9.59 Å². The second kappa shape index (κ2) is 5.12. The maximum atomic E-state index is 10.8. The Labute approximate surface area is 80.8 Å². The quantitative estimate of drug-likeness (QED) is 0.308. The van der Waals surface area contributed by atoms with Crippen LogP contribution in [0.1, 0.15) is 13.8 Å². The first-order valence-corrected chi connectivity index (χ1v) is 3.95. The highest BCUT2D eigenvalue weighted by Gasteiger charge is 2.07. The average Bonchev–Trinajstić information content (AvgIpc) is 1.84. The normalized spacial score (nSPS) is 8.67. The maximum Gasteiger partial charge on any atom is 0.163 e. The highest BCUT2D eigenvalue weighted by atomic mass is 35.5. The van der Waals surface area contributed by atoms with E-state index >= 15 is 0 Å². The van der Waals surface area contributed by atoms with E-state index in [0.29, 0.717) is 0 Å². The molecule has 0 rings (SSSR count). The smallest absolute Gasteiger partial charge is 0.163 e. The molecule has 0 radical (unpaired) electrons. The third kappa shape index (κ3) is 4.31. The SMILES string of the molecule is CC(=O)C(=CC=C(Cl)Cl)C(C)=O. The lowest BCUT2D eigenvalue weighted by atomic mass is 10.1. The van der Waals surface area contributed by atoms with Crippen LogP contribution in [0.3, 0.4) is 0 Å². The van der Waals surface area contributed by atoms with E-state index in [4.69, 9.17) is 23.2 Å². The summed E-state index contributed by atoms with van der Waals surface area (Å²) in [4.78, 5) is 21.6. The molecule has 0 bridgehead atoms. The summed E-state index contributed by atoms with van der Waals surface area (Å²) in [5, 5.41) is 0. The second-order valence-electron chi connectivity index (χ2n) is 2.15. The van der Waals surface area contributed by atoms with Crippen LogP contribution in [-0.2, 0) is 9.59 Å². The van der Waals surface area contributed by atoms with Crippen LogP contribution in [0.15, 0.2) is 22.2 Å². The predicted molar refractivity (Wildman–Crippen MR) is 49.2 cm³/mol. The second-order valence-corrected chi connectivity index (χ2v) is 3.16. The van der Waals surface area contributed by atoms with Crippen molar-refractivity contribution in [2.75, 3.05) is 0 Å². The molecule has 2 nitrogen and oxygen atoms in total. The summed E-state index contributed by atoms with van der Waals surface area (Å²) in [6.45, 7) is 2.62. The topological polar surface area (TPSA) is 34.1 Å². The molecule has 0 spiro atoms. The molecule has 0 unspecified atom stereocenters. The minimum atomic E-state index is -0.298. The van der Waals surface area contributed by atoms with Gasteiger partial charge in [-0.05, 0) is 26.0 Å². The number of Topliss-reactive ketones (excluding diaryl/α,β-unsaturated/α-hetero) is 2. The van der Waals surface area contributed by atoms with Gasteiger partial charge in [-0.25, -0.2) is 0 Å². The molecule has 0 aliphatic carbocycles. The molecule has 66 valence electrons.